The molecule has 33 heavy (non-hydrogen) atoms. The molecule has 2 fully saturated rings. The maximum atomic E-state index is 13.7. The van der Waals surface area contributed by atoms with Crippen LogP contribution in [-0.2, 0) is 26.1 Å². The first kappa shape index (κ1) is 23.8. The molecule has 0 bridgehead atoms. The van der Waals surface area contributed by atoms with Crippen molar-refractivity contribution in [3.8, 4) is 0 Å². The van der Waals surface area contributed by atoms with Gasteiger partial charge >= 0.3 is 0 Å². The fourth-order valence-corrected chi connectivity index (χ4v) is 6.53. The molecule has 2 unspecified atom stereocenters. The van der Waals surface area contributed by atoms with Crippen molar-refractivity contribution in [2.45, 2.75) is 57.1 Å². The van der Waals surface area contributed by atoms with E-state index in [0.29, 0.717) is 43.8 Å². The Labute approximate surface area is 193 Å². The number of sulfonamides is 1. The summed E-state index contributed by atoms with van der Waals surface area (Å²) in [4.78, 5) is 15.4. The quantitative estimate of drug-likeness (QED) is 0.606. The zero-order valence-electron chi connectivity index (χ0n) is 19.0. The standard InChI is InChI=1S/C23H30FN3O5S/c1-16-22(17(2)32-25-16)33(29,30)27-10-4-7-19(14-27)23(28)26(15-21-9-5-11-31-21)13-18-6-3-8-20(24)12-18/h3,6,8,12,19,21H,4-5,7,9-11,13-15H2,1-2H3. The number of ether oxygens (including phenoxy) is 1. The van der Waals surface area contributed by atoms with Crippen LogP contribution in [0.4, 0.5) is 4.39 Å². The van der Waals surface area contributed by atoms with Gasteiger partial charge in [0.2, 0.25) is 15.9 Å². The third-order valence-electron chi connectivity index (χ3n) is 6.32. The van der Waals surface area contributed by atoms with Gasteiger partial charge in [-0.25, -0.2) is 12.8 Å². The van der Waals surface area contributed by atoms with Crippen molar-refractivity contribution in [3.63, 3.8) is 0 Å². The number of carbonyl (C=O) groups excluding carboxylic acids is 1. The van der Waals surface area contributed by atoms with Gasteiger partial charge < -0.3 is 14.2 Å². The van der Waals surface area contributed by atoms with Gasteiger partial charge in [0.1, 0.15) is 16.4 Å². The number of hydrogen-bond donors (Lipinski definition) is 0. The second-order valence-electron chi connectivity index (χ2n) is 8.84. The van der Waals surface area contributed by atoms with Crippen molar-refractivity contribution < 1.29 is 26.9 Å². The molecule has 0 spiro atoms. The number of carbonyl (C=O) groups is 1. The SMILES string of the molecule is Cc1noc(C)c1S(=O)(=O)N1CCCC(C(=O)N(Cc2cccc(F)c2)CC2CCCO2)C1. The Morgan fingerprint density at radius 2 is 2.09 bits per heavy atom. The van der Waals surface area contributed by atoms with Crippen molar-refractivity contribution in [2.75, 3.05) is 26.2 Å². The highest BCUT2D eigenvalue weighted by atomic mass is 32.2. The summed E-state index contributed by atoms with van der Waals surface area (Å²) in [6, 6.07) is 6.20. The van der Waals surface area contributed by atoms with Crippen LogP contribution in [0.15, 0.2) is 33.7 Å². The molecule has 10 heteroatoms. The first-order valence-corrected chi connectivity index (χ1v) is 12.8. The van der Waals surface area contributed by atoms with E-state index in [1.54, 1.807) is 30.9 Å². The summed E-state index contributed by atoms with van der Waals surface area (Å²) in [5.74, 6) is -0.726. The Morgan fingerprint density at radius 1 is 1.27 bits per heavy atom. The number of piperidine rings is 1. The van der Waals surface area contributed by atoms with Gasteiger partial charge in [0.25, 0.3) is 0 Å². The van der Waals surface area contributed by atoms with E-state index >= 15 is 0 Å². The number of aromatic nitrogens is 1. The largest absolute Gasteiger partial charge is 0.376 e. The normalized spacial score (nSPS) is 21.9. The van der Waals surface area contributed by atoms with Crippen molar-refractivity contribution in [1.82, 2.24) is 14.4 Å². The minimum Gasteiger partial charge on any atom is -0.376 e. The predicted octanol–water partition coefficient (Wildman–Crippen LogP) is 3.04. The topological polar surface area (TPSA) is 93.0 Å². The summed E-state index contributed by atoms with van der Waals surface area (Å²) >= 11 is 0. The average Bonchev–Trinajstić information content (AvgIpc) is 3.42. The molecule has 2 saturated heterocycles. The van der Waals surface area contributed by atoms with Crippen LogP contribution < -0.4 is 0 Å². The number of rotatable bonds is 7. The van der Waals surface area contributed by atoms with Crippen LogP contribution in [0, 0.1) is 25.6 Å². The highest BCUT2D eigenvalue weighted by Gasteiger charge is 2.38. The number of amides is 1. The molecular formula is C23H30FN3O5S. The van der Waals surface area contributed by atoms with E-state index in [4.69, 9.17) is 9.26 Å². The third-order valence-corrected chi connectivity index (χ3v) is 8.43. The van der Waals surface area contributed by atoms with Gasteiger partial charge in [-0.2, -0.15) is 4.31 Å². The molecule has 2 aliphatic rings. The Morgan fingerprint density at radius 3 is 2.76 bits per heavy atom. The molecule has 1 amide bonds. The van der Waals surface area contributed by atoms with Crippen LogP contribution in [0.1, 0.15) is 42.7 Å². The first-order chi connectivity index (χ1) is 15.8. The monoisotopic (exact) mass is 479 g/mol. The minimum atomic E-state index is -3.83. The second kappa shape index (κ2) is 9.90. The van der Waals surface area contributed by atoms with Crippen LogP contribution in [-0.4, -0.2) is 61.0 Å². The summed E-state index contributed by atoms with van der Waals surface area (Å²) < 4.78 is 52.5. The van der Waals surface area contributed by atoms with Gasteiger partial charge in [0.15, 0.2) is 5.76 Å². The molecule has 180 valence electrons. The number of hydrogen-bond acceptors (Lipinski definition) is 6. The number of aryl methyl sites for hydroxylation is 2. The predicted molar refractivity (Wildman–Crippen MR) is 118 cm³/mol. The molecule has 3 heterocycles. The Balaban J connectivity index is 1.53. The van der Waals surface area contributed by atoms with Crippen molar-refractivity contribution >= 4 is 15.9 Å². The van der Waals surface area contributed by atoms with Crippen molar-refractivity contribution in [3.05, 3.63) is 47.1 Å². The highest BCUT2D eigenvalue weighted by Crippen LogP contribution is 2.29. The molecule has 8 nitrogen and oxygen atoms in total. The second-order valence-corrected chi connectivity index (χ2v) is 10.7. The molecule has 1 aromatic heterocycles. The fraction of sp³-hybridized carbons (Fsp3) is 0.565. The van der Waals surface area contributed by atoms with Crippen LogP contribution in [0.25, 0.3) is 0 Å². The molecular weight excluding hydrogens is 449 g/mol. The van der Waals surface area contributed by atoms with Gasteiger partial charge in [0, 0.05) is 32.8 Å². The Hall–Kier alpha value is -2.30. The van der Waals surface area contributed by atoms with E-state index in [1.165, 1.54) is 16.4 Å². The first-order valence-electron chi connectivity index (χ1n) is 11.3. The molecule has 2 aromatic rings. The summed E-state index contributed by atoms with van der Waals surface area (Å²) in [5.41, 5.74) is 1.00. The van der Waals surface area contributed by atoms with Gasteiger partial charge in [-0.15, -0.1) is 0 Å². The van der Waals surface area contributed by atoms with E-state index in [9.17, 15) is 17.6 Å². The number of benzene rings is 1. The van der Waals surface area contributed by atoms with Crippen LogP contribution in [0.3, 0.4) is 0 Å². The van der Waals surface area contributed by atoms with Crippen LogP contribution in [0.2, 0.25) is 0 Å². The third kappa shape index (κ3) is 5.28. The van der Waals surface area contributed by atoms with Crippen molar-refractivity contribution in [1.29, 1.82) is 0 Å². The zero-order chi connectivity index (χ0) is 23.6. The summed E-state index contributed by atoms with van der Waals surface area (Å²) in [5, 5.41) is 3.77. The van der Waals surface area contributed by atoms with Gasteiger partial charge in [-0.1, -0.05) is 17.3 Å². The van der Waals surface area contributed by atoms with Gasteiger partial charge in [-0.05, 0) is 57.2 Å². The molecule has 0 aliphatic carbocycles. The van der Waals surface area contributed by atoms with E-state index in [0.717, 1.165) is 12.8 Å². The Bertz CT molecular complexity index is 1080. The fourth-order valence-electron chi connectivity index (χ4n) is 4.71. The van der Waals surface area contributed by atoms with E-state index in [-0.39, 0.29) is 41.6 Å². The van der Waals surface area contributed by atoms with Crippen LogP contribution in [0.5, 0.6) is 0 Å². The zero-order valence-corrected chi connectivity index (χ0v) is 19.8. The maximum absolute atomic E-state index is 13.7. The lowest BCUT2D eigenvalue weighted by atomic mass is 9.97. The van der Waals surface area contributed by atoms with Crippen molar-refractivity contribution in [2.24, 2.45) is 5.92 Å². The van der Waals surface area contributed by atoms with E-state index in [2.05, 4.69) is 5.16 Å². The number of halogens is 1. The minimum absolute atomic E-state index is 0.0618. The summed E-state index contributed by atoms with van der Waals surface area (Å²) in [6.45, 7) is 4.92. The summed E-state index contributed by atoms with van der Waals surface area (Å²) in [7, 11) is -3.83. The molecule has 1 aromatic carbocycles. The smallest absolute Gasteiger partial charge is 0.248 e. The highest BCUT2D eigenvalue weighted by molar-refractivity contribution is 7.89. The molecule has 2 atom stereocenters. The van der Waals surface area contributed by atoms with E-state index in [1.807, 2.05) is 0 Å². The molecule has 0 radical (unpaired) electrons. The van der Waals surface area contributed by atoms with Crippen LogP contribution >= 0.6 is 0 Å². The molecule has 2 aliphatic heterocycles. The number of nitrogens with zero attached hydrogens (tertiary/aromatic N) is 3. The average molecular weight is 480 g/mol. The molecule has 0 saturated carbocycles. The lowest BCUT2D eigenvalue weighted by molar-refractivity contribution is -0.139. The van der Waals surface area contributed by atoms with Gasteiger partial charge in [0.05, 0.1) is 12.0 Å². The Kier molecular flexibility index (Phi) is 7.16. The van der Waals surface area contributed by atoms with Gasteiger partial charge in [-0.3, -0.25) is 4.79 Å². The van der Waals surface area contributed by atoms with E-state index < -0.39 is 15.9 Å². The summed E-state index contributed by atoms with van der Waals surface area (Å²) in [6.07, 6.45) is 2.92. The molecule has 0 N–H and O–H groups in total. The maximum Gasteiger partial charge on any atom is 0.248 e. The lowest BCUT2D eigenvalue weighted by Gasteiger charge is -2.35. The molecule has 4 rings (SSSR count). The lowest BCUT2D eigenvalue weighted by Crippen LogP contribution is -2.48.